The molecule has 1 unspecified atom stereocenters. The zero-order chi connectivity index (χ0) is 16.1. The van der Waals surface area contributed by atoms with E-state index in [1.54, 1.807) is 16.8 Å². The Morgan fingerprint density at radius 1 is 1.30 bits per heavy atom. The second kappa shape index (κ2) is 7.68. The van der Waals surface area contributed by atoms with Crippen molar-refractivity contribution in [1.29, 1.82) is 0 Å². The Hall–Kier alpha value is -1.76. The Labute approximate surface area is 135 Å². The molecule has 1 aromatic carbocycles. The average Bonchev–Trinajstić information content (AvgIpc) is 3.03. The van der Waals surface area contributed by atoms with Crippen LogP contribution in [0, 0.1) is 5.82 Å². The van der Waals surface area contributed by atoms with Crippen molar-refractivity contribution in [3.63, 3.8) is 0 Å². The van der Waals surface area contributed by atoms with Gasteiger partial charge in [-0.1, -0.05) is 0 Å². The molecule has 1 aliphatic heterocycles. The maximum atomic E-state index is 13.0. The Kier molecular flexibility index (Phi) is 5.38. The van der Waals surface area contributed by atoms with Crippen molar-refractivity contribution in [3.05, 3.63) is 48.0 Å². The third-order valence-electron chi connectivity index (χ3n) is 3.90. The summed E-state index contributed by atoms with van der Waals surface area (Å²) in [5.74, 6) is -0.241. The largest absolute Gasteiger partial charge is 0.376 e. The quantitative estimate of drug-likeness (QED) is 0.819. The third-order valence-corrected chi connectivity index (χ3v) is 3.90. The highest BCUT2D eigenvalue weighted by atomic mass is 19.1. The minimum atomic E-state index is -0.241. The van der Waals surface area contributed by atoms with Gasteiger partial charge in [0.15, 0.2) is 0 Å². The molecule has 6 heteroatoms. The van der Waals surface area contributed by atoms with E-state index < -0.39 is 0 Å². The van der Waals surface area contributed by atoms with Gasteiger partial charge in [-0.3, -0.25) is 0 Å². The second-order valence-electron chi connectivity index (χ2n) is 5.86. The molecule has 0 amide bonds. The predicted octanol–water partition coefficient (Wildman–Crippen LogP) is 2.25. The summed E-state index contributed by atoms with van der Waals surface area (Å²) in [5, 5.41) is 4.34. The maximum Gasteiger partial charge on any atom is 0.123 e. The van der Waals surface area contributed by atoms with Crippen molar-refractivity contribution in [2.24, 2.45) is 0 Å². The van der Waals surface area contributed by atoms with Crippen LogP contribution in [0.3, 0.4) is 0 Å². The molecular formula is C17H22FN3O2. The average molecular weight is 319 g/mol. The molecule has 1 saturated heterocycles. The minimum Gasteiger partial charge on any atom is -0.376 e. The highest BCUT2D eigenvalue weighted by Gasteiger charge is 2.15. The van der Waals surface area contributed by atoms with E-state index in [9.17, 15) is 4.39 Å². The fraction of sp³-hybridized carbons (Fsp3) is 0.471. The van der Waals surface area contributed by atoms with Crippen molar-refractivity contribution < 1.29 is 13.9 Å². The summed E-state index contributed by atoms with van der Waals surface area (Å²) in [6, 6.07) is 6.32. The summed E-state index contributed by atoms with van der Waals surface area (Å²) in [4.78, 5) is 2.24. The number of benzene rings is 1. The Morgan fingerprint density at radius 2 is 2.13 bits per heavy atom. The number of nitrogens with zero attached hydrogens (tertiary/aromatic N) is 3. The first-order chi connectivity index (χ1) is 11.2. The van der Waals surface area contributed by atoms with Crippen LogP contribution in [0.1, 0.15) is 12.0 Å². The van der Waals surface area contributed by atoms with Gasteiger partial charge >= 0.3 is 0 Å². The molecule has 0 spiro atoms. The van der Waals surface area contributed by atoms with Crippen LogP contribution < -0.4 is 0 Å². The number of aromatic nitrogens is 2. The fourth-order valence-electron chi connectivity index (χ4n) is 2.64. The van der Waals surface area contributed by atoms with Crippen molar-refractivity contribution in [2.45, 2.75) is 19.1 Å². The van der Waals surface area contributed by atoms with Crippen LogP contribution in [0.4, 0.5) is 4.39 Å². The van der Waals surface area contributed by atoms with E-state index in [1.165, 1.54) is 12.1 Å². The summed E-state index contributed by atoms with van der Waals surface area (Å²) in [6.07, 6.45) is 4.99. The highest BCUT2D eigenvalue weighted by molar-refractivity contribution is 5.31. The molecule has 23 heavy (non-hydrogen) atoms. The molecule has 3 rings (SSSR count). The molecule has 5 nitrogen and oxygen atoms in total. The van der Waals surface area contributed by atoms with Gasteiger partial charge in [0.1, 0.15) is 5.82 Å². The molecule has 0 bridgehead atoms. The second-order valence-corrected chi connectivity index (χ2v) is 5.86. The standard InChI is InChI=1S/C17H22FN3O2/c1-20(7-6-17-13-22-8-9-23-17)11-14-10-19-21(12-14)16-4-2-15(18)3-5-16/h2-5,10,12,17H,6-9,11,13H2,1H3. The van der Waals surface area contributed by atoms with Crippen molar-refractivity contribution >= 4 is 0 Å². The van der Waals surface area contributed by atoms with Crippen LogP contribution in [-0.2, 0) is 16.0 Å². The molecule has 124 valence electrons. The molecule has 1 aromatic heterocycles. The molecule has 1 aliphatic rings. The Balaban J connectivity index is 1.50. The van der Waals surface area contributed by atoms with Gasteiger partial charge in [0.25, 0.3) is 0 Å². The lowest BCUT2D eigenvalue weighted by atomic mass is 10.2. The molecular weight excluding hydrogens is 297 g/mol. The van der Waals surface area contributed by atoms with Gasteiger partial charge < -0.3 is 14.4 Å². The van der Waals surface area contributed by atoms with Crippen LogP contribution in [0.2, 0.25) is 0 Å². The highest BCUT2D eigenvalue weighted by Crippen LogP contribution is 2.12. The summed E-state index contributed by atoms with van der Waals surface area (Å²) in [6.45, 7) is 3.84. The summed E-state index contributed by atoms with van der Waals surface area (Å²) in [5.41, 5.74) is 1.98. The molecule has 0 N–H and O–H groups in total. The van der Waals surface area contributed by atoms with Crippen LogP contribution in [0.25, 0.3) is 5.69 Å². The van der Waals surface area contributed by atoms with Crippen molar-refractivity contribution in [2.75, 3.05) is 33.4 Å². The first kappa shape index (κ1) is 16.1. The molecule has 1 fully saturated rings. The van der Waals surface area contributed by atoms with E-state index in [2.05, 4.69) is 17.0 Å². The van der Waals surface area contributed by atoms with Gasteiger partial charge in [0, 0.05) is 24.8 Å². The lowest BCUT2D eigenvalue weighted by Gasteiger charge is -2.25. The normalized spacial score (nSPS) is 18.5. The summed E-state index contributed by atoms with van der Waals surface area (Å²) in [7, 11) is 2.08. The van der Waals surface area contributed by atoms with E-state index in [0.29, 0.717) is 19.8 Å². The monoisotopic (exact) mass is 319 g/mol. The van der Waals surface area contributed by atoms with Gasteiger partial charge in [-0.2, -0.15) is 5.10 Å². The van der Waals surface area contributed by atoms with E-state index in [1.807, 2.05) is 12.4 Å². The number of hydrogen-bond donors (Lipinski definition) is 0. The van der Waals surface area contributed by atoms with Crippen LogP contribution in [0.5, 0.6) is 0 Å². The molecule has 0 saturated carbocycles. The van der Waals surface area contributed by atoms with E-state index in [0.717, 1.165) is 30.8 Å². The topological polar surface area (TPSA) is 39.5 Å². The van der Waals surface area contributed by atoms with Gasteiger partial charge in [-0.25, -0.2) is 9.07 Å². The molecule has 1 atom stereocenters. The Morgan fingerprint density at radius 3 is 2.87 bits per heavy atom. The maximum absolute atomic E-state index is 13.0. The van der Waals surface area contributed by atoms with Crippen LogP contribution >= 0.6 is 0 Å². The zero-order valence-corrected chi connectivity index (χ0v) is 13.3. The van der Waals surface area contributed by atoms with Crippen molar-refractivity contribution in [1.82, 2.24) is 14.7 Å². The third kappa shape index (κ3) is 4.60. The zero-order valence-electron chi connectivity index (χ0n) is 13.3. The first-order valence-electron chi connectivity index (χ1n) is 7.88. The van der Waals surface area contributed by atoms with Crippen molar-refractivity contribution in [3.8, 4) is 5.69 Å². The Bertz CT molecular complexity index is 609. The first-order valence-corrected chi connectivity index (χ1v) is 7.88. The van der Waals surface area contributed by atoms with Gasteiger partial charge in [0.05, 0.1) is 37.8 Å². The lowest BCUT2D eigenvalue weighted by Crippen LogP contribution is -2.32. The molecule has 0 radical (unpaired) electrons. The van der Waals surface area contributed by atoms with E-state index in [4.69, 9.17) is 9.47 Å². The van der Waals surface area contributed by atoms with Crippen LogP contribution in [0.15, 0.2) is 36.7 Å². The minimum absolute atomic E-state index is 0.202. The molecule has 2 heterocycles. The van der Waals surface area contributed by atoms with Gasteiger partial charge in [-0.15, -0.1) is 0 Å². The van der Waals surface area contributed by atoms with Gasteiger partial charge in [-0.05, 0) is 37.7 Å². The number of rotatable bonds is 6. The molecule has 2 aromatic rings. The smallest absolute Gasteiger partial charge is 0.123 e. The van der Waals surface area contributed by atoms with E-state index in [-0.39, 0.29) is 11.9 Å². The number of hydrogen-bond acceptors (Lipinski definition) is 4. The number of ether oxygens (including phenoxy) is 2. The fourth-order valence-corrected chi connectivity index (χ4v) is 2.64. The summed E-state index contributed by atoms with van der Waals surface area (Å²) < 4.78 is 25.8. The molecule has 0 aliphatic carbocycles. The lowest BCUT2D eigenvalue weighted by molar-refractivity contribution is -0.0923. The van der Waals surface area contributed by atoms with Crippen LogP contribution in [-0.4, -0.2) is 54.2 Å². The summed E-state index contributed by atoms with van der Waals surface area (Å²) >= 11 is 0. The van der Waals surface area contributed by atoms with Gasteiger partial charge in [0.2, 0.25) is 0 Å². The number of halogens is 1. The predicted molar refractivity (Wildman–Crippen MR) is 85.0 cm³/mol. The SMILES string of the molecule is CN(CCC1COCCO1)Cc1cnn(-c2ccc(F)cc2)c1. The van der Waals surface area contributed by atoms with E-state index >= 15 is 0 Å².